The van der Waals surface area contributed by atoms with E-state index in [1.807, 2.05) is 24.3 Å². The van der Waals surface area contributed by atoms with Crippen LogP contribution in [0.4, 0.5) is 5.69 Å². The summed E-state index contributed by atoms with van der Waals surface area (Å²) in [5.74, 6) is 0.369. The molecule has 5 heteroatoms. The summed E-state index contributed by atoms with van der Waals surface area (Å²) >= 11 is 9.25. The maximum Gasteiger partial charge on any atom is 0.0574 e. The Morgan fingerprint density at radius 3 is 2.50 bits per heavy atom. The molecule has 0 amide bonds. The molecule has 0 heterocycles. The second-order valence-corrected chi connectivity index (χ2v) is 6.59. The van der Waals surface area contributed by atoms with E-state index in [-0.39, 0.29) is 0 Å². The Labute approximate surface area is 122 Å². The Morgan fingerprint density at radius 2 is 1.83 bits per heavy atom. The molecule has 0 aromatic heterocycles. The molecule has 0 spiro atoms. The lowest BCUT2D eigenvalue weighted by molar-refractivity contribution is 0.682. The molecule has 0 aliphatic rings. The first-order valence-electron chi connectivity index (χ1n) is 5.24. The van der Waals surface area contributed by atoms with Gasteiger partial charge in [-0.1, -0.05) is 27.5 Å². The van der Waals surface area contributed by atoms with Gasteiger partial charge in [0.2, 0.25) is 0 Å². The average molecular weight is 345 g/mol. The fourth-order valence-corrected chi connectivity index (χ4v) is 3.11. The summed E-state index contributed by atoms with van der Waals surface area (Å²) in [5, 5.41) is 0.604. The van der Waals surface area contributed by atoms with Gasteiger partial charge in [-0.3, -0.25) is 4.21 Å². The van der Waals surface area contributed by atoms with Crippen molar-refractivity contribution < 1.29 is 4.21 Å². The van der Waals surface area contributed by atoms with Gasteiger partial charge in [-0.2, -0.15) is 0 Å². The first kappa shape index (κ1) is 13.6. The lowest BCUT2D eigenvalue weighted by Gasteiger charge is -2.06. The lowest BCUT2D eigenvalue weighted by Crippen LogP contribution is -2.00. The van der Waals surface area contributed by atoms with E-state index >= 15 is 0 Å². The SMILES string of the molecule is Nc1ccc(Cl)cc1CS(=O)c1ccc(Br)cc1. The topological polar surface area (TPSA) is 43.1 Å². The minimum atomic E-state index is -1.12. The summed E-state index contributed by atoms with van der Waals surface area (Å²) < 4.78 is 13.1. The highest BCUT2D eigenvalue weighted by atomic mass is 79.9. The van der Waals surface area contributed by atoms with Gasteiger partial charge >= 0.3 is 0 Å². The third kappa shape index (κ3) is 3.34. The van der Waals surface area contributed by atoms with E-state index in [0.29, 0.717) is 16.5 Å². The van der Waals surface area contributed by atoms with Gasteiger partial charge in [-0.05, 0) is 48.0 Å². The summed E-state index contributed by atoms with van der Waals surface area (Å²) in [4.78, 5) is 0.776. The number of benzene rings is 2. The summed E-state index contributed by atoms with van der Waals surface area (Å²) in [6, 6.07) is 12.6. The normalized spacial score (nSPS) is 12.3. The van der Waals surface area contributed by atoms with Crippen molar-refractivity contribution in [2.24, 2.45) is 0 Å². The monoisotopic (exact) mass is 343 g/mol. The predicted octanol–water partition coefficient (Wildman–Crippen LogP) is 3.99. The highest BCUT2D eigenvalue weighted by Crippen LogP contribution is 2.22. The minimum absolute atomic E-state index is 0.369. The fraction of sp³-hybridized carbons (Fsp3) is 0.0769. The third-order valence-electron chi connectivity index (χ3n) is 2.47. The van der Waals surface area contributed by atoms with Crippen molar-refractivity contribution in [2.75, 3.05) is 5.73 Å². The maximum absolute atomic E-state index is 12.2. The van der Waals surface area contributed by atoms with Gasteiger partial charge in [0.15, 0.2) is 0 Å². The molecule has 0 aliphatic carbocycles. The zero-order chi connectivity index (χ0) is 13.1. The molecule has 1 atom stereocenters. The Morgan fingerprint density at radius 1 is 1.17 bits per heavy atom. The molecule has 2 aromatic rings. The van der Waals surface area contributed by atoms with Crippen molar-refractivity contribution in [1.82, 2.24) is 0 Å². The molecule has 18 heavy (non-hydrogen) atoms. The molecule has 1 unspecified atom stereocenters. The van der Waals surface area contributed by atoms with Crippen LogP contribution in [0.5, 0.6) is 0 Å². The van der Waals surface area contributed by atoms with Crippen LogP contribution >= 0.6 is 27.5 Å². The number of halogens is 2. The summed E-state index contributed by atoms with van der Waals surface area (Å²) in [6.07, 6.45) is 0. The minimum Gasteiger partial charge on any atom is -0.398 e. The molecular weight excluding hydrogens is 334 g/mol. The smallest absolute Gasteiger partial charge is 0.0574 e. The highest BCUT2D eigenvalue weighted by molar-refractivity contribution is 9.10. The number of hydrogen-bond donors (Lipinski definition) is 1. The van der Waals surface area contributed by atoms with E-state index in [1.165, 1.54) is 0 Å². The molecule has 2 rings (SSSR count). The van der Waals surface area contributed by atoms with Crippen LogP contribution < -0.4 is 5.73 Å². The van der Waals surface area contributed by atoms with Crippen LogP contribution in [-0.4, -0.2) is 4.21 Å². The predicted molar refractivity (Wildman–Crippen MR) is 80.1 cm³/mol. The second-order valence-electron chi connectivity index (χ2n) is 3.79. The quantitative estimate of drug-likeness (QED) is 0.855. The van der Waals surface area contributed by atoms with Crippen molar-refractivity contribution in [1.29, 1.82) is 0 Å². The van der Waals surface area contributed by atoms with Gasteiger partial charge in [0.1, 0.15) is 0 Å². The summed E-state index contributed by atoms with van der Waals surface area (Å²) in [7, 11) is -1.12. The van der Waals surface area contributed by atoms with E-state index in [9.17, 15) is 4.21 Å². The van der Waals surface area contributed by atoms with Crippen LogP contribution in [0.15, 0.2) is 51.8 Å². The van der Waals surface area contributed by atoms with Gasteiger partial charge in [0.05, 0.1) is 16.6 Å². The Hall–Kier alpha value is -0.840. The van der Waals surface area contributed by atoms with Gasteiger partial charge in [-0.15, -0.1) is 0 Å². The molecule has 2 N–H and O–H groups in total. The van der Waals surface area contributed by atoms with E-state index in [1.54, 1.807) is 18.2 Å². The molecule has 0 saturated carbocycles. The Balaban J connectivity index is 2.21. The van der Waals surface area contributed by atoms with Crippen LogP contribution in [0.2, 0.25) is 5.02 Å². The van der Waals surface area contributed by atoms with E-state index in [4.69, 9.17) is 17.3 Å². The zero-order valence-electron chi connectivity index (χ0n) is 9.40. The van der Waals surface area contributed by atoms with Crippen molar-refractivity contribution in [3.8, 4) is 0 Å². The van der Waals surface area contributed by atoms with Crippen LogP contribution in [0.1, 0.15) is 5.56 Å². The number of hydrogen-bond acceptors (Lipinski definition) is 2. The lowest BCUT2D eigenvalue weighted by atomic mass is 10.2. The molecule has 0 fully saturated rings. The first-order valence-corrected chi connectivity index (χ1v) is 7.73. The maximum atomic E-state index is 12.2. The summed E-state index contributed by atoms with van der Waals surface area (Å²) in [6.45, 7) is 0. The summed E-state index contributed by atoms with van der Waals surface area (Å²) in [5.41, 5.74) is 7.26. The molecule has 0 bridgehead atoms. The molecular formula is C13H11BrClNOS. The highest BCUT2D eigenvalue weighted by Gasteiger charge is 2.08. The van der Waals surface area contributed by atoms with Gasteiger partial charge in [0.25, 0.3) is 0 Å². The van der Waals surface area contributed by atoms with Crippen molar-refractivity contribution in [2.45, 2.75) is 10.6 Å². The van der Waals surface area contributed by atoms with E-state index < -0.39 is 10.8 Å². The average Bonchev–Trinajstić information content (AvgIpc) is 2.34. The third-order valence-corrected chi connectivity index (χ3v) is 4.60. The Bertz CT molecular complexity index is 586. The Kier molecular flexibility index (Phi) is 4.43. The van der Waals surface area contributed by atoms with Crippen LogP contribution in [0.25, 0.3) is 0 Å². The largest absolute Gasteiger partial charge is 0.398 e. The molecule has 0 radical (unpaired) electrons. The van der Waals surface area contributed by atoms with Crippen LogP contribution in [0.3, 0.4) is 0 Å². The van der Waals surface area contributed by atoms with E-state index in [0.717, 1.165) is 14.9 Å². The zero-order valence-corrected chi connectivity index (χ0v) is 12.6. The standard InChI is InChI=1S/C13H11BrClNOS/c14-10-1-4-12(5-2-10)18(17)8-9-7-11(15)3-6-13(9)16/h1-7H,8,16H2. The molecule has 2 nitrogen and oxygen atoms in total. The number of nitrogens with two attached hydrogens (primary N) is 1. The molecule has 2 aromatic carbocycles. The molecule has 0 aliphatic heterocycles. The number of nitrogen functional groups attached to an aromatic ring is 1. The van der Waals surface area contributed by atoms with Crippen molar-refractivity contribution >= 4 is 44.0 Å². The van der Waals surface area contributed by atoms with Crippen LogP contribution in [-0.2, 0) is 16.6 Å². The van der Waals surface area contributed by atoms with E-state index in [2.05, 4.69) is 15.9 Å². The van der Waals surface area contributed by atoms with Crippen LogP contribution in [0, 0.1) is 0 Å². The van der Waals surface area contributed by atoms with Gasteiger partial charge in [0, 0.05) is 20.1 Å². The van der Waals surface area contributed by atoms with Gasteiger partial charge < -0.3 is 5.73 Å². The molecule has 94 valence electrons. The second kappa shape index (κ2) is 5.87. The first-order chi connectivity index (χ1) is 8.56. The van der Waals surface area contributed by atoms with Crippen molar-refractivity contribution in [3.63, 3.8) is 0 Å². The number of anilines is 1. The molecule has 0 saturated heterocycles. The number of rotatable bonds is 3. The van der Waals surface area contributed by atoms with Crippen molar-refractivity contribution in [3.05, 3.63) is 57.5 Å². The fourth-order valence-electron chi connectivity index (χ4n) is 1.51. The van der Waals surface area contributed by atoms with Gasteiger partial charge in [-0.25, -0.2) is 0 Å².